The van der Waals surface area contributed by atoms with Crippen molar-refractivity contribution in [2.75, 3.05) is 24.5 Å². The highest BCUT2D eigenvalue weighted by molar-refractivity contribution is 9.10. The van der Waals surface area contributed by atoms with Gasteiger partial charge in [-0.15, -0.1) is 0 Å². The first-order valence-corrected chi connectivity index (χ1v) is 10.2. The second-order valence-electron chi connectivity index (χ2n) is 7.67. The van der Waals surface area contributed by atoms with Crippen LogP contribution in [0.4, 0.5) is 10.5 Å². The zero-order valence-electron chi connectivity index (χ0n) is 15.8. The van der Waals surface area contributed by atoms with Crippen molar-refractivity contribution in [3.05, 3.63) is 63.6 Å². The fraction of sp³-hybridized carbons (Fsp3) is 0.381. The minimum atomic E-state index is -0.506. The maximum atomic E-state index is 12.6. The van der Waals surface area contributed by atoms with Gasteiger partial charge in [-0.25, -0.2) is 4.79 Å². The summed E-state index contributed by atoms with van der Waals surface area (Å²) >= 11 is 9.63. The Morgan fingerprint density at radius 2 is 1.85 bits per heavy atom. The Balaban J connectivity index is 1.89. The maximum Gasteiger partial charge on any atom is 0.410 e. The highest BCUT2D eigenvalue weighted by Crippen LogP contribution is 2.33. The molecule has 6 heteroatoms. The number of piperazine rings is 1. The van der Waals surface area contributed by atoms with E-state index in [1.54, 1.807) is 4.90 Å². The minimum Gasteiger partial charge on any atom is -0.444 e. The van der Waals surface area contributed by atoms with Crippen LogP contribution >= 0.6 is 27.5 Å². The molecule has 0 N–H and O–H groups in total. The highest BCUT2D eigenvalue weighted by Gasteiger charge is 2.33. The van der Waals surface area contributed by atoms with Crippen LogP contribution in [0.3, 0.4) is 0 Å². The van der Waals surface area contributed by atoms with Crippen LogP contribution < -0.4 is 4.90 Å². The summed E-state index contributed by atoms with van der Waals surface area (Å²) in [7, 11) is 0. The molecule has 0 bridgehead atoms. The standard InChI is InChI=1S/C21H24BrClN2O2/c1-21(2,3)27-20(26)24-11-12-25(18-6-4-5-16(22)13-18)19(14-24)15-7-9-17(23)10-8-15/h4-10,13,19H,11-12,14H2,1-3H3. The molecular weight excluding hydrogens is 428 g/mol. The molecule has 1 heterocycles. The van der Waals surface area contributed by atoms with Crippen LogP contribution in [0.2, 0.25) is 5.02 Å². The van der Waals surface area contributed by atoms with Crippen LogP contribution in [0.15, 0.2) is 53.0 Å². The second-order valence-corrected chi connectivity index (χ2v) is 9.02. The summed E-state index contributed by atoms with van der Waals surface area (Å²) in [6.07, 6.45) is -0.268. The third-order valence-electron chi connectivity index (χ3n) is 4.43. The van der Waals surface area contributed by atoms with Crippen molar-refractivity contribution in [3.8, 4) is 0 Å². The van der Waals surface area contributed by atoms with Crippen LogP contribution in [-0.2, 0) is 4.74 Å². The number of carbonyl (C=O) groups excluding carboxylic acids is 1. The van der Waals surface area contributed by atoms with Gasteiger partial charge in [-0.05, 0) is 56.7 Å². The van der Waals surface area contributed by atoms with Gasteiger partial charge in [0.25, 0.3) is 0 Å². The summed E-state index contributed by atoms with van der Waals surface area (Å²) in [5.41, 5.74) is 1.73. The molecule has 27 heavy (non-hydrogen) atoms. The van der Waals surface area contributed by atoms with Crippen molar-refractivity contribution in [2.45, 2.75) is 32.4 Å². The van der Waals surface area contributed by atoms with Gasteiger partial charge in [-0.1, -0.05) is 45.7 Å². The van der Waals surface area contributed by atoms with Crippen molar-refractivity contribution in [1.82, 2.24) is 4.90 Å². The van der Waals surface area contributed by atoms with E-state index in [0.717, 1.165) is 22.3 Å². The van der Waals surface area contributed by atoms with Gasteiger partial charge >= 0.3 is 6.09 Å². The SMILES string of the molecule is CC(C)(C)OC(=O)N1CCN(c2cccc(Br)c2)C(c2ccc(Cl)cc2)C1. The van der Waals surface area contributed by atoms with Crippen molar-refractivity contribution < 1.29 is 9.53 Å². The monoisotopic (exact) mass is 450 g/mol. The van der Waals surface area contributed by atoms with Crippen LogP contribution in [0.5, 0.6) is 0 Å². The maximum absolute atomic E-state index is 12.6. The summed E-state index contributed by atoms with van der Waals surface area (Å²) in [6.45, 7) is 7.57. The first kappa shape index (κ1) is 20.0. The predicted molar refractivity (Wildman–Crippen MR) is 113 cm³/mol. The summed E-state index contributed by atoms with van der Waals surface area (Å²) in [4.78, 5) is 16.7. The quantitative estimate of drug-likeness (QED) is 0.570. The number of ether oxygens (including phenoxy) is 1. The lowest BCUT2D eigenvalue weighted by Crippen LogP contribution is -2.51. The number of anilines is 1. The van der Waals surface area contributed by atoms with Gasteiger partial charge in [0.1, 0.15) is 5.60 Å². The molecule has 2 aromatic carbocycles. The fourth-order valence-corrected chi connectivity index (χ4v) is 3.72. The van der Waals surface area contributed by atoms with E-state index in [1.165, 1.54) is 0 Å². The lowest BCUT2D eigenvalue weighted by Gasteiger charge is -2.43. The van der Waals surface area contributed by atoms with Gasteiger partial charge in [0, 0.05) is 34.8 Å². The molecule has 1 fully saturated rings. The average molecular weight is 452 g/mol. The third-order valence-corrected chi connectivity index (χ3v) is 5.17. The molecule has 2 aromatic rings. The smallest absolute Gasteiger partial charge is 0.410 e. The van der Waals surface area contributed by atoms with Gasteiger partial charge in [0.2, 0.25) is 0 Å². The van der Waals surface area contributed by atoms with E-state index in [-0.39, 0.29) is 12.1 Å². The first-order valence-electron chi connectivity index (χ1n) is 8.98. The Hall–Kier alpha value is -1.72. The Kier molecular flexibility index (Phi) is 6.02. The van der Waals surface area contributed by atoms with Crippen molar-refractivity contribution in [3.63, 3.8) is 0 Å². The molecule has 1 aliphatic heterocycles. The predicted octanol–water partition coefficient (Wildman–Crippen LogP) is 5.90. The minimum absolute atomic E-state index is 0.0258. The summed E-state index contributed by atoms with van der Waals surface area (Å²) in [6, 6.07) is 16.1. The average Bonchev–Trinajstić information content (AvgIpc) is 2.60. The van der Waals surface area contributed by atoms with Crippen LogP contribution in [0.25, 0.3) is 0 Å². The normalized spacial score (nSPS) is 17.7. The molecule has 1 amide bonds. The van der Waals surface area contributed by atoms with Crippen LogP contribution in [-0.4, -0.2) is 36.2 Å². The van der Waals surface area contributed by atoms with E-state index >= 15 is 0 Å². The Bertz CT molecular complexity index is 805. The molecule has 1 unspecified atom stereocenters. The number of carbonyl (C=O) groups is 1. The Morgan fingerprint density at radius 1 is 1.15 bits per heavy atom. The molecule has 0 saturated carbocycles. The molecule has 1 saturated heterocycles. The second kappa shape index (κ2) is 8.11. The number of amides is 1. The van der Waals surface area contributed by atoms with E-state index in [2.05, 4.69) is 33.0 Å². The molecule has 144 valence electrons. The third kappa shape index (κ3) is 5.17. The van der Waals surface area contributed by atoms with Crippen molar-refractivity contribution in [2.24, 2.45) is 0 Å². The molecule has 1 atom stereocenters. The van der Waals surface area contributed by atoms with E-state index in [9.17, 15) is 4.79 Å². The van der Waals surface area contributed by atoms with Gasteiger partial charge < -0.3 is 14.5 Å². The number of rotatable bonds is 2. The molecule has 0 radical (unpaired) electrons. The van der Waals surface area contributed by atoms with Gasteiger partial charge in [0.05, 0.1) is 6.04 Å². The molecule has 3 rings (SSSR count). The highest BCUT2D eigenvalue weighted by atomic mass is 79.9. The number of hydrogen-bond donors (Lipinski definition) is 0. The Morgan fingerprint density at radius 3 is 2.48 bits per heavy atom. The van der Waals surface area contributed by atoms with Crippen LogP contribution in [0.1, 0.15) is 32.4 Å². The summed E-state index contributed by atoms with van der Waals surface area (Å²) < 4.78 is 6.61. The van der Waals surface area contributed by atoms with Gasteiger partial charge in [-0.3, -0.25) is 0 Å². The van der Waals surface area contributed by atoms with Gasteiger partial charge in [0.15, 0.2) is 0 Å². The molecule has 0 spiro atoms. The molecule has 4 nitrogen and oxygen atoms in total. The Labute approximate surface area is 174 Å². The number of benzene rings is 2. The molecule has 0 aromatic heterocycles. The molecule has 1 aliphatic rings. The molecule has 0 aliphatic carbocycles. The number of hydrogen-bond acceptors (Lipinski definition) is 3. The summed E-state index contributed by atoms with van der Waals surface area (Å²) in [5.74, 6) is 0. The lowest BCUT2D eigenvalue weighted by molar-refractivity contribution is 0.0214. The lowest BCUT2D eigenvalue weighted by atomic mass is 10.0. The fourth-order valence-electron chi connectivity index (χ4n) is 3.21. The zero-order chi connectivity index (χ0) is 19.6. The molecular formula is C21H24BrClN2O2. The van der Waals surface area contributed by atoms with Crippen molar-refractivity contribution in [1.29, 1.82) is 0 Å². The van der Waals surface area contributed by atoms with Crippen molar-refractivity contribution >= 4 is 39.3 Å². The number of halogens is 2. The summed E-state index contributed by atoms with van der Waals surface area (Å²) in [5, 5.41) is 0.701. The largest absolute Gasteiger partial charge is 0.444 e. The number of nitrogens with zero attached hydrogens (tertiary/aromatic N) is 2. The van der Waals surface area contributed by atoms with Crippen LogP contribution in [0, 0.1) is 0 Å². The zero-order valence-corrected chi connectivity index (χ0v) is 18.1. The van der Waals surface area contributed by atoms with E-state index in [1.807, 2.05) is 57.2 Å². The van der Waals surface area contributed by atoms with E-state index in [4.69, 9.17) is 16.3 Å². The van der Waals surface area contributed by atoms with Gasteiger partial charge in [-0.2, -0.15) is 0 Å². The topological polar surface area (TPSA) is 32.8 Å². The van der Waals surface area contributed by atoms with E-state index in [0.29, 0.717) is 18.1 Å². The van der Waals surface area contributed by atoms with E-state index < -0.39 is 5.60 Å². The first-order chi connectivity index (χ1) is 12.7.